The minimum atomic E-state index is -3.72. The highest BCUT2D eigenvalue weighted by atomic mass is 79.9. The van der Waals surface area contributed by atoms with E-state index in [-0.39, 0.29) is 35.1 Å². The van der Waals surface area contributed by atoms with Crippen molar-refractivity contribution < 1.29 is 18.1 Å². The van der Waals surface area contributed by atoms with E-state index in [1.165, 1.54) is 17.0 Å². The van der Waals surface area contributed by atoms with Crippen molar-refractivity contribution in [3.05, 3.63) is 31.7 Å². The van der Waals surface area contributed by atoms with Crippen LogP contribution in [0.15, 0.2) is 16.6 Å². The molecule has 2 N–H and O–H groups in total. The average molecular weight is 413 g/mol. The molecule has 22 heavy (non-hydrogen) atoms. The van der Waals surface area contributed by atoms with Crippen LogP contribution in [-0.2, 0) is 14.8 Å². The van der Waals surface area contributed by atoms with Gasteiger partial charge in [0.15, 0.2) is 0 Å². The Morgan fingerprint density at radius 1 is 1.50 bits per heavy atom. The number of rotatable bonds is 4. The minimum Gasteiger partial charge on any atom is -0.306 e. The van der Waals surface area contributed by atoms with Crippen LogP contribution in [0.5, 0.6) is 0 Å². The molecular formula is C11H11BrClN3O5S. The Balaban J connectivity index is 2.38. The molecule has 1 amide bonds. The van der Waals surface area contributed by atoms with E-state index in [1.54, 1.807) is 0 Å². The van der Waals surface area contributed by atoms with Crippen molar-refractivity contribution in [2.45, 2.75) is 6.42 Å². The van der Waals surface area contributed by atoms with Gasteiger partial charge in [0.05, 0.1) is 15.7 Å². The number of nitrogens with two attached hydrogens (primary N) is 1. The number of nitrogens with zero attached hydrogens (tertiary/aromatic N) is 2. The van der Waals surface area contributed by atoms with E-state index >= 15 is 0 Å². The van der Waals surface area contributed by atoms with E-state index in [0.717, 1.165) is 0 Å². The molecule has 1 saturated heterocycles. The van der Waals surface area contributed by atoms with Gasteiger partial charge in [0, 0.05) is 29.4 Å². The SMILES string of the molecule is NS(=O)(=O)CC1CC(=O)N(c2cc(Cl)c(Br)cc2[N+](=O)[O-])C1. The normalized spacial score (nSPS) is 18.8. The Bertz CT molecular complexity index is 754. The molecule has 1 atom stereocenters. The van der Waals surface area contributed by atoms with E-state index in [2.05, 4.69) is 15.9 Å². The Morgan fingerprint density at radius 3 is 2.68 bits per heavy atom. The van der Waals surface area contributed by atoms with Crippen LogP contribution in [0.3, 0.4) is 0 Å². The molecule has 0 bridgehead atoms. The third-order valence-corrected chi connectivity index (χ3v) is 5.31. The molecular weight excluding hydrogens is 402 g/mol. The zero-order chi connectivity index (χ0) is 16.7. The summed E-state index contributed by atoms with van der Waals surface area (Å²) in [5, 5.41) is 16.3. The van der Waals surface area contributed by atoms with Crippen molar-refractivity contribution in [1.29, 1.82) is 0 Å². The third-order valence-electron chi connectivity index (χ3n) is 3.18. The number of anilines is 1. The van der Waals surface area contributed by atoms with Crippen molar-refractivity contribution >= 4 is 54.8 Å². The van der Waals surface area contributed by atoms with Gasteiger partial charge in [-0.25, -0.2) is 13.6 Å². The summed E-state index contributed by atoms with van der Waals surface area (Å²) in [6.07, 6.45) is -0.0404. The molecule has 0 radical (unpaired) electrons. The second-order valence-electron chi connectivity index (χ2n) is 4.92. The lowest BCUT2D eigenvalue weighted by Gasteiger charge is -2.17. The molecule has 1 aliphatic heterocycles. The number of hydrogen-bond donors (Lipinski definition) is 1. The van der Waals surface area contributed by atoms with Crippen LogP contribution in [0.25, 0.3) is 0 Å². The number of benzene rings is 1. The Hall–Kier alpha value is -1.23. The van der Waals surface area contributed by atoms with E-state index in [1.807, 2.05) is 0 Å². The van der Waals surface area contributed by atoms with Crippen LogP contribution >= 0.6 is 27.5 Å². The topological polar surface area (TPSA) is 124 Å². The van der Waals surface area contributed by atoms with Crippen molar-refractivity contribution in [3.8, 4) is 0 Å². The standard InChI is InChI=1S/C11H11BrClN3O5S/c12-7-2-10(16(18)19)9(3-8(7)13)15-4-6(1-11(15)17)5-22(14,20)21/h2-3,6H,1,4-5H2,(H2,14,20,21). The van der Waals surface area contributed by atoms with Gasteiger partial charge < -0.3 is 4.90 Å². The summed E-state index contributed by atoms with van der Waals surface area (Å²) in [6.45, 7) is 0.0358. The lowest BCUT2D eigenvalue weighted by molar-refractivity contribution is -0.384. The van der Waals surface area contributed by atoms with E-state index in [9.17, 15) is 23.3 Å². The summed E-state index contributed by atoms with van der Waals surface area (Å²) in [7, 11) is -3.72. The van der Waals surface area contributed by atoms with Gasteiger partial charge in [-0.15, -0.1) is 0 Å². The number of nitro groups is 1. The second kappa shape index (κ2) is 6.11. The molecule has 8 nitrogen and oxygen atoms in total. The summed E-state index contributed by atoms with van der Waals surface area (Å²) in [4.78, 5) is 23.7. The van der Waals surface area contributed by atoms with Crippen LogP contribution in [0, 0.1) is 16.0 Å². The first-order chi connectivity index (χ1) is 10.1. The number of carbonyl (C=O) groups is 1. The fourth-order valence-corrected chi connectivity index (χ4v) is 3.71. The molecule has 2 rings (SSSR count). The van der Waals surface area contributed by atoms with Gasteiger partial charge in [-0.1, -0.05) is 11.6 Å². The van der Waals surface area contributed by atoms with Gasteiger partial charge in [0.1, 0.15) is 5.69 Å². The van der Waals surface area contributed by atoms with Gasteiger partial charge in [-0.3, -0.25) is 14.9 Å². The smallest absolute Gasteiger partial charge is 0.294 e. The summed E-state index contributed by atoms with van der Waals surface area (Å²) in [5.74, 6) is -1.27. The fourth-order valence-electron chi connectivity index (χ4n) is 2.34. The maximum absolute atomic E-state index is 12.1. The lowest BCUT2D eigenvalue weighted by Crippen LogP contribution is -2.28. The molecule has 0 aromatic heterocycles. The predicted octanol–water partition coefficient (Wildman–Crippen LogP) is 1.65. The number of nitro benzene ring substituents is 1. The maximum Gasteiger partial charge on any atom is 0.294 e. The van der Waals surface area contributed by atoms with E-state index in [0.29, 0.717) is 4.47 Å². The van der Waals surface area contributed by atoms with Crippen molar-refractivity contribution in [2.24, 2.45) is 11.1 Å². The Labute approximate surface area is 139 Å². The molecule has 0 aliphatic carbocycles. The van der Waals surface area contributed by atoms with Crippen molar-refractivity contribution in [2.75, 3.05) is 17.2 Å². The summed E-state index contributed by atoms with van der Waals surface area (Å²) in [5.41, 5.74) is -0.249. The fraction of sp³-hybridized carbons (Fsp3) is 0.364. The zero-order valence-corrected chi connectivity index (χ0v) is 14.2. The van der Waals surface area contributed by atoms with Crippen LogP contribution < -0.4 is 10.0 Å². The van der Waals surface area contributed by atoms with Crippen LogP contribution in [0.2, 0.25) is 5.02 Å². The summed E-state index contributed by atoms with van der Waals surface area (Å²) in [6, 6.07) is 2.51. The monoisotopic (exact) mass is 411 g/mol. The lowest BCUT2D eigenvalue weighted by atomic mass is 10.1. The van der Waals surface area contributed by atoms with Gasteiger partial charge in [0.2, 0.25) is 15.9 Å². The highest BCUT2D eigenvalue weighted by molar-refractivity contribution is 9.10. The van der Waals surface area contributed by atoms with Crippen LogP contribution in [0.4, 0.5) is 11.4 Å². The highest BCUT2D eigenvalue weighted by Crippen LogP contribution is 2.38. The molecule has 1 unspecified atom stereocenters. The third kappa shape index (κ3) is 3.75. The average Bonchev–Trinajstić information content (AvgIpc) is 2.70. The molecule has 1 fully saturated rings. The first-order valence-corrected chi connectivity index (χ1v) is 8.91. The highest BCUT2D eigenvalue weighted by Gasteiger charge is 2.36. The largest absolute Gasteiger partial charge is 0.306 e. The number of sulfonamides is 1. The first-order valence-electron chi connectivity index (χ1n) is 6.02. The molecule has 0 spiro atoms. The van der Waals surface area contributed by atoms with E-state index in [4.69, 9.17) is 16.7 Å². The van der Waals surface area contributed by atoms with Crippen molar-refractivity contribution in [1.82, 2.24) is 0 Å². The number of carbonyl (C=O) groups excluding carboxylic acids is 1. The molecule has 120 valence electrons. The van der Waals surface area contributed by atoms with Crippen molar-refractivity contribution in [3.63, 3.8) is 0 Å². The quantitative estimate of drug-likeness (QED) is 0.595. The first kappa shape index (κ1) is 17.1. The zero-order valence-electron chi connectivity index (χ0n) is 11.0. The van der Waals surface area contributed by atoms with Crippen LogP contribution in [-0.4, -0.2) is 31.5 Å². The Morgan fingerprint density at radius 2 is 2.14 bits per heavy atom. The van der Waals surface area contributed by atoms with E-state index < -0.39 is 26.8 Å². The van der Waals surface area contributed by atoms with Crippen LogP contribution in [0.1, 0.15) is 6.42 Å². The molecule has 1 aromatic carbocycles. The molecule has 0 saturated carbocycles. The summed E-state index contributed by atoms with van der Waals surface area (Å²) < 4.78 is 22.6. The van der Waals surface area contributed by atoms with Gasteiger partial charge in [0.25, 0.3) is 5.69 Å². The molecule has 1 aliphatic rings. The number of hydrogen-bond acceptors (Lipinski definition) is 5. The van der Waals surface area contributed by atoms with Gasteiger partial charge >= 0.3 is 0 Å². The molecule has 1 heterocycles. The second-order valence-corrected chi connectivity index (χ2v) is 7.84. The maximum atomic E-state index is 12.1. The molecule has 1 aromatic rings. The number of primary sulfonamides is 1. The Kier molecular flexibility index (Phi) is 4.76. The van der Waals surface area contributed by atoms with Gasteiger partial charge in [-0.2, -0.15) is 0 Å². The van der Waals surface area contributed by atoms with Gasteiger partial charge in [-0.05, 0) is 22.0 Å². The minimum absolute atomic E-state index is 0.0358. The summed E-state index contributed by atoms with van der Waals surface area (Å²) >= 11 is 9.02. The number of amides is 1. The number of halogens is 2. The molecule has 11 heteroatoms. The predicted molar refractivity (Wildman–Crippen MR) is 84.2 cm³/mol.